The molecule has 1 aromatic heterocycles. The first-order valence-electron chi connectivity index (χ1n) is 10.4. The maximum atomic E-state index is 14.2. The Balaban J connectivity index is 1.78. The third kappa shape index (κ3) is 6.84. The van der Waals surface area contributed by atoms with E-state index in [0.29, 0.717) is 29.2 Å². The van der Waals surface area contributed by atoms with Crippen LogP contribution in [0.15, 0.2) is 48.7 Å². The number of carboxylic acid groups (broad SMARTS) is 1. The Bertz CT molecular complexity index is 1080. The molecule has 0 bridgehead atoms. The van der Waals surface area contributed by atoms with E-state index in [0.717, 1.165) is 5.56 Å². The molecule has 33 heavy (non-hydrogen) atoms. The fraction of sp³-hybridized carbons (Fsp3) is 0.304. The van der Waals surface area contributed by atoms with Crippen molar-refractivity contribution in [1.29, 1.82) is 0 Å². The SMILES string of the molecule is CCOC[C@H](C[C@@H](Cc1ccc(-c2cc(Cl)ccc2F)cc1)NC(=O)c1c[nH]nn1)C(=O)O. The Kier molecular flexibility index (Phi) is 8.51. The van der Waals surface area contributed by atoms with Crippen LogP contribution in [0, 0.1) is 11.7 Å². The van der Waals surface area contributed by atoms with E-state index in [1.54, 1.807) is 25.1 Å². The van der Waals surface area contributed by atoms with Crippen molar-refractivity contribution >= 4 is 23.5 Å². The third-order valence-corrected chi connectivity index (χ3v) is 5.34. The number of amides is 1. The van der Waals surface area contributed by atoms with Gasteiger partial charge >= 0.3 is 5.97 Å². The topological polar surface area (TPSA) is 117 Å². The number of carbonyl (C=O) groups excluding carboxylic acids is 1. The normalized spacial score (nSPS) is 12.8. The molecule has 0 saturated carbocycles. The van der Waals surface area contributed by atoms with Gasteiger partial charge in [-0.25, -0.2) is 4.39 Å². The minimum Gasteiger partial charge on any atom is -0.481 e. The molecule has 1 heterocycles. The summed E-state index contributed by atoms with van der Waals surface area (Å²) in [5.41, 5.74) is 1.98. The van der Waals surface area contributed by atoms with Gasteiger partial charge in [0, 0.05) is 23.2 Å². The minimum absolute atomic E-state index is 0.0369. The molecule has 10 heteroatoms. The summed E-state index contributed by atoms with van der Waals surface area (Å²) in [5, 5.41) is 22.5. The van der Waals surface area contributed by atoms with Gasteiger partial charge in [-0.2, -0.15) is 0 Å². The summed E-state index contributed by atoms with van der Waals surface area (Å²) < 4.78 is 19.5. The summed E-state index contributed by atoms with van der Waals surface area (Å²) in [4.78, 5) is 24.2. The number of aromatic nitrogens is 3. The van der Waals surface area contributed by atoms with Gasteiger partial charge in [-0.1, -0.05) is 41.1 Å². The average Bonchev–Trinajstić information content (AvgIpc) is 3.34. The van der Waals surface area contributed by atoms with Crippen LogP contribution in [0.5, 0.6) is 0 Å². The zero-order valence-electron chi connectivity index (χ0n) is 17.9. The van der Waals surface area contributed by atoms with Gasteiger partial charge in [0.05, 0.1) is 18.7 Å². The van der Waals surface area contributed by atoms with E-state index in [4.69, 9.17) is 16.3 Å². The standard InChI is InChI=1S/C23H24ClFN4O4/c1-2-33-13-16(23(31)32)10-18(27-22(30)21-12-26-29-28-21)9-14-3-5-15(6-4-14)19-11-17(24)7-8-20(19)25/h3-8,11-12,16,18H,2,9-10,13H2,1H3,(H,27,30)(H,31,32)(H,26,28,29)/t16-,18+/m0/s1. The lowest BCUT2D eigenvalue weighted by Gasteiger charge is -2.22. The molecule has 0 aliphatic carbocycles. The number of hydrogen-bond donors (Lipinski definition) is 3. The zero-order chi connectivity index (χ0) is 23.8. The van der Waals surface area contributed by atoms with Crippen LogP contribution in [0.4, 0.5) is 4.39 Å². The molecule has 1 amide bonds. The summed E-state index contributed by atoms with van der Waals surface area (Å²) in [6.07, 6.45) is 1.87. The number of nitrogens with zero attached hydrogens (tertiary/aromatic N) is 2. The Morgan fingerprint density at radius 2 is 2.00 bits per heavy atom. The lowest BCUT2D eigenvalue weighted by Crippen LogP contribution is -2.40. The van der Waals surface area contributed by atoms with Crippen molar-refractivity contribution in [2.75, 3.05) is 13.2 Å². The molecule has 2 atom stereocenters. The van der Waals surface area contributed by atoms with Crippen molar-refractivity contribution < 1.29 is 23.8 Å². The molecule has 0 saturated heterocycles. The van der Waals surface area contributed by atoms with Crippen LogP contribution in [0.25, 0.3) is 11.1 Å². The van der Waals surface area contributed by atoms with Crippen molar-refractivity contribution in [3.8, 4) is 11.1 Å². The molecule has 3 N–H and O–H groups in total. The average molecular weight is 475 g/mol. The first-order valence-corrected chi connectivity index (χ1v) is 10.8. The molecule has 0 fully saturated rings. The smallest absolute Gasteiger partial charge is 0.308 e. The number of halogens is 2. The molecule has 3 rings (SSSR count). The first kappa shape index (κ1) is 24.3. The molecule has 0 radical (unpaired) electrons. The van der Waals surface area contributed by atoms with E-state index in [1.165, 1.54) is 18.3 Å². The number of nitrogens with one attached hydrogen (secondary N) is 2. The maximum Gasteiger partial charge on any atom is 0.308 e. The predicted octanol–water partition coefficient (Wildman–Crippen LogP) is 3.73. The van der Waals surface area contributed by atoms with Gasteiger partial charge in [-0.3, -0.25) is 14.7 Å². The number of carboxylic acids is 1. The number of aliphatic carboxylic acids is 1. The molecule has 0 unspecified atom stereocenters. The van der Waals surface area contributed by atoms with Crippen LogP contribution in [-0.2, 0) is 16.0 Å². The van der Waals surface area contributed by atoms with E-state index in [1.807, 2.05) is 12.1 Å². The third-order valence-electron chi connectivity index (χ3n) is 5.10. The second-order valence-corrected chi connectivity index (χ2v) is 7.92. The highest BCUT2D eigenvalue weighted by Gasteiger charge is 2.25. The molecule has 3 aromatic rings. The minimum atomic E-state index is -1.00. The second-order valence-electron chi connectivity index (χ2n) is 7.48. The highest BCUT2D eigenvalue weighted by Crippen LogP contribution is 2.26. The molecule has 2 aromatic carbocycles. The summed E-state index contributed by atoms with van der Waals surface area (Å²) in [7, 11) is 0. The van der Waals surface area contributed by atoms with E-state index in [-0.39, 0.29) is 24.5 Å². The lowest BCUT2D eigenvalue weighted by atomic mass is 9.94. The molecule has 0 aliphatic rings. The van der Waals surface area contributed by atoms with E-state index < -0.39 is 23.8 Å². The van der Waals surface area contributed by atoms with Gasteiger partial charge in [-0.05, 0) is 49.1 Å². The number of ether oxygens (including phenoxy) is 1. The predicted molar refractivity (Wildman–Crippen MR) is 120 cm³/mol. The second kappa shape index (κ2) is 11.5. The highest BCUT2D eigenvalue weighted by atomic mass is 35.5. The largest absolute Gasteiger partial charge is 0.481 e. The maximum absolute atomic E-state index is 14.2. The van der Waals surface area contributed by atoms with Gasteiger partial charge in [0.2, 0.25) is 0 Å². The van der Waals surface area contributed by atoms with Crippen molar-refractivity contribution in [3.63, 3.8) is 0 Å². The van der Waals surface area contributed by atoms with Crippen LogP contribution in [0.1, 0.15) is 29.4 Å². The quantitative estimate of drug-likeness (QED) is 0.390. The number of carbonyl (C=O) groups is 2. The fourth-order valence-electron chi connectivity index (χ4n) is 3.43. The number of rotatable bonds is 11. The molecular weight excluding hydrogens is 451 g/mol. The van der Waals surface area contributed by atoms with Crippen LogP contribution in [0.2, 0.25) is 5.02 Å². The fourth-order valence-corrected chi connectivity index (χ4v) is 3.60. The Morgan fingerprint density at radius 3 is 2.64 bits per heavy atom. The number of aromatic amines is 1. The molecule has 0 aliphatic heterocycles. The van der Waals surface area contributed by atoms with Crippen LogP contribution in [0.3, 0.4) is 0 Å². The van der Waals surface area contributed by atoms with Crippen molar-refractivity contribution in [2.24, 2.45) is 5.92 Å². The van der Waals surface area contributed by atoms with Crippen molar-refractivity contribution in [3.05, 3.63) is 70.8 Å². The van der Waals surface area contributed by atoms with Crippen molar-refractivity contribution in [2.45, 2.75) is 25.8 Å². The van der Waals surface area contributed by atoms with Gasteiger partial charge in [0.15, 0.2) is 5.69 Å². The summed E-state index contributed by atoms with van der Waals surface area (Å²) in [6, 6.07) is 11.0. The Hall–Kier alpha value is -3.30. The van der Waals surface area contributed by atoms with E-state index >= 15 is 0 Å². The van der Waals surface area contributed by atoms with Gasteiger partial charge in [-0.15, -0.1) is 5.10 Å². The van der Waals surface area contributed by atoms with Crippen molar-refractivity contribution in [1.82, 2.24) is 20.7 Å². The van der Waals surface area contributed by atoms with Crippen LogP contribution < -0.4 is 5.32 Å². The van der Waals surface area contributed by atoms with Gasteiger partial charge < -0.3 is 15.2 Å². The van der Waals surface area contributed by atoms with Gasteiger partial charge in [0.25, 0.3) is 5.91 Å². The summed E-state index contributed by atoms with van der Waals surface area (Å²) in [5.74, 6) is -2.65. The van der Waals surface area contributed by atoms with Crippen LogP contribution in [-0.4, -0.2) is 51.6 Å². The number of H-pyrrole nitrogens is 1. The number of hydrogen-bond acceptors (Lipinski definition) is 5. The first-order chi connectivity index (χ1) is 15.9. The van der Waals surface area contributed by atoms with E-state index in [2.05, 4.69) is 20.7 Å². The summed E-state index contributed by atoms with van der Waals surface area (Å²) >= 11 is 5.99. The van der Waals surface area contributed by atoms with E-state index in [9.17, 15) is 19.1 Å². The lowest BCUT2D eigenvalue weighted by molar-refractivity contribution is -0.144. The molecule has 0 spiro atoms. The number of benzene rings is 2. The summed E-state index contributed by atoms with van der Waals surface area (Å²) in [6.45, 7) is 2.21. The zero-order valence-corrected chi connectivity index (χ0v) is 18.7. The molecule has 174 valence electrons. The monoisotopic (exact) mass is 474 g/mol. The molecule has 8 nitrogen and oxygen atoms in total. The Morgan fingerprint density at radius 1 is 1.24 bits per heavy atom. The Labute approximate surface area is 195 Å². The van der Waals surface area contributed by atoms with Crippen LogP contribution >= 0.6 is 11.6 Å². The highest BCUT2D eigenvalue weighted by molar-refractivity contribution is 6.30. The molecular formula is C23H24ClFN4O4. The van der Waals surface area contributed by atoms with Gasteiger partial charge in [0.1, 0.15) is 5.82 Å².